The molecule has 0 radical (unpaired) electrons. The van der Waals surface area contributed by atoms with Crippen molar-refractivity contribution in [1.82, 2.24) is 0 Å². The Bertz CT molecular complexity index is 472. The summed E-state index contributed by atoms with van der Waals surface area (Å²) in [4.78, 5) is 0. The van der Waals surface area contributed by atoms with Gasteiger partial charge in [-0.05, 0) is 67.6 Å². The molecule has 18 heavy (non-hydrogen) atoms. The smallest absolute Gasteiger partial charge is 0.399 e. The summed E-state index contributed by atoms with van der Waals surface area (Å²) in [6.07, 6.45) is 0. The van der Waals surface area contributed by atoms with Crippen molar-refractivity contribution in [3.63, 3.8) is 0 Å². The summed E-state index contributed by atoms with van der Waals surface area (Å²) < 4.78 is 26.2. The largest absolute Gasteiger partial charge is 0.495 e. The Morgan fingerprint density at radius 1 is 1.11 bits per heavy atom. The molecule has 98 valence electrons. The Labute approximate surface area is 116 Å². The van der Waals surface area contributed by atoms with E-state index in [4.69, 9.17) is 9.31 Å². The molecule has 1 saturated heterocycles. The molecule has 1 aromatic rings. The average Bonchev–Trinajstić information content (AvgIpc) is 2.45. The fourth-order valence-corrected chi connectivity index (χ4v) is 2.32. The van der Waals surface area contributed by atoms with E-state index in [-0.39, 0.29) is 5.82 Å². The molecule has 1 heterocycles. The van der Waals surface area contributed by atoms with E-state index in [1.165, 1.54) is 0 Å². The number of hydrogen-bond donors (Lipinski definition) is 0. The molecule has 0 aliphatic carbocycles. The van der Waals surface area contributed by atoms with Crippen LogP contribution in [0.4, 0.5) is 4.39 Å². The van der Waals surface area contributed by atoms with Gasteiger partial charge in [-0.1, -0.05) is 6.07 Å². The second-order valence-electron chi connectivity index (χ2n) is 5.66. The van der Waals surface area contributed by atoms with E-state index in [1.807, 2.05) is 33.8 Å². The molecule has 2 nitrogen and oxygen atoms in total. The second kappa shape index (κ2) is 4.32. The van der Waals surface area contributed by atoms with Crippen LogP contribution in [0.3, 0.4) is 0 Å². The van der Waals surface area contributed by atoms with Crippen molar-refractivity contribution in [3.05, 3.63) is 28.0 Å². The van der Waals surface area contributed by atoms with Crippen LogP contribution in [0.25, 0.3) is 0 Å². The molecule has 1 aromatic carbocycles. The molecule has 0 bridgehead atoms. The lowest BCUT2D eigenvalue weighted by atomic mass is 9.76. The third-order valence-electron chi connectivity index (χ3n) is 3.89. The first-order valence-electron chi connectivity index (χ1n) is 5.96. The van der Waals surface area contributed by atoms with E-state index in [2.05, 4.69) is 15.9 Å². The van der Waals surface area contributed by atoms with Crippen molar-refractivity contribution in [2.24, 2.45) is 0 Å². The summed E-state index contributed by atoms with van der Waals surface area (Å²) in [6, 6.07) is 3.52. The van der Waals surface area contributed by atoms with Gasteiger partial charge in [0.2, 0.25) is 0 Å². The summed E-state index contributed by atoms with van der Waals surface area (Å²) in [5.74, 6) is -0.262. The van der Waals surface area contributed by atoms with Gasteiger partial charge in [0.15, 0.2) is 0 Å². The van der Waals surface area contributed by atoms with Crippen LogP contribution in [0.2, 0.25) is 0 Å². The van der Waals surface area contributed by atoms with Gasteiger partial charge in [0.25, 0.3) is 0 Å². The normalized spacial score (nSPS) is 21.4. The minimum absolute atomic E-state index is 0.262. The van der Waals surface area contributed by atoms with Crippen LogP contribution in [0.1, 0.15) is 33.3 Å². The van der Waals surface area contributed by atoms with Crippen molar-refractivity contribution in [1.29, 1.82) is 0 Å². The molecule has 5 heteroatoms. The van der Waals surface area contributed by atoms with Crippen LogP contribution in [-0.2, 0) is 9.31 Å². The molecule has 0 amide bonds. The predicted octanol–water partition coefficient (Wildman–Crippen LogP) is 3.20. The van der Waals surface area contributed by atoms with Gasteiger partial charge in [-0.25, -0.2) is 4.39 Å². The van der Waals surface area contributed by atoms with Crippen LogP contribution in [0.5, 0.6) is 0 Å². The lowest BCUT2D eigenvalue weighted by Gasteiger charge is -2.32. The van der Waals surface area contributed by atoms with Crippen LogP contribution < -0.4 is 5.46 Å². The lowest BCUT2D eigenvalue weighted by molar-refractivity contribution is 0.00578. The molecule has 0 unspecified atom stereocenters. The molecule has 1 aliphatic heterocycles. The highest BCUT2D eigenvalue weighted by Gasteiger charge is 2.52. The quantitative estimate of drug-likeness (QED) is 0.741. The first kappa shape index (κ1) is 14.0. The predicted molar refractivity (Wildman–Crippen MR) is 74.6 cm³/mol. The molecule has 0 aromatic heterocycles. The average molecular weight is 315 g/mol. The minimum Gasteiger partial charge on any atom is -0.399 e. The van der Waals surface area contributed by atoms with Crippen molar-refractivity contribution in [3.8, 4) is 0 Å². The van der Waals surface area contributed by atoms with E-state index in [0.29, 0.717) is 10.0 Å². The summed E-state index contributed by atoms with van der Waals surface area (Å²) in [5, 5.41) is 0. The lowest BCUT2D eigenvalue weighted by Crippen LogP contribution is -2.41. The highest BCUT2D eigenvalue weighted by molar-refractivity contribution is 9.10. The highest BCUT2D eigenvalue weighted by Crippen LogP contribution is 2.36. The molecule has 0 spiro atoms. The van der Waals surface area contributed by atoms with Gasteiger partial charge in [0.1, 0.15) is 5.82 Å². The van der Waals surface area contributed by atoms with Gasteiger partial charge in [-0.2, -0.15) is 0 Å². The first-order chi connectivity index (χ1) is 8.16. The maximum Gasteiger partial charge on any atom is 0.495 e. The Morgan fingerprint density at radius 2 is 1.61 bits per heavy atom. The Morgan fingerprint density at radius 3 is 2.11 bits per heavy atom. The number of halogens is 2. The third-order valence-corrected chi connectivity index (χ3v) is 4.50. The van der Waals surface area contributed by atoms with Crippen LogP contribution in [0, 0.1) is 12.7 Å². The molecule has 0 saturated carbocycles. The van der Waals surface area contributed by atoms with Crippen molar-refractivity contribution < 1.29 is 13.7 Å². The summed E-state index contributed by atoms with van der Waals surface area (Å²) in [6.45, 7) is 9.67. The van der Waals surface area contributed by atoms with Gasteiger partial charge >= 0.3 is 7.12 Å². The topological polar surface area (TPSA) is 18.5 Å². The zero-order valence-electron chi connectivity index (χ0n) is 11.3. The first-order valence-corrected chi connectivity index (χ1v) is 6.75. The zero-order chi connectivity index (χ0) is 13.7. The number of rotatable bonds is 1. The highest BCUT2D eigenvalue weighted by atomic mass is 79.9. The number of hydrogen-bond acceptors (Lipinski definition) is 2. The van der Waals surface area contributed by atoms with E-state index in [1.54, 1.807) is 13.0 Å². The monoisotopic (exact) mass is 314 g/mol. The van der Waals surface area contributed by atoms with E-state index >= 15 is 0 Å². The fraction of sp³-hybridized carbons (Fsp3) is 0.538. The molecule has 0 N–H and O–H groups in total. The second-order valence-corrected chi connectivity index (χ2v) is 6.52. The molecule has 1 aliphatic rings. The van der Waals surface area contributed by atoms with Crippen molar-refractivity contribution >= 4 is 28.5 Å². The van der Waals surface area contributed by atoms with Crippen molar-refractivity contribution in [2.75, 3.05) is 0 Å². The molecule has 2 rings (SSSR count). The summed E-state index contributed by atoms with van der Waals surface area (Å²) in [5.41, 5.74) is 0.485. The summed E-state index contributed by atoms with van der Waals surface area (Å²) >= 11 is 3.18. The minimum atomic E-state index is -0.516. The van der Waals surface area contributed by atoms with Gasteiger partial charge < -0.3 is 9.31 Å². The Kier molecular flexibility index (Phi) is 3.37. The van der Waals surface area contributed by atoms with E-state index in [0.717, 1.165) is 5.46 Å². The zero-order valence-corrected chi connectivity index (χ0v) is 12.9. The van der Waals surface area contributed by atoms with Crippen molar-refractivity contribution in [2.45, 2.75) is 45.8 Å². The molecule has 1 fully saturated rings. The van der Waals surface area contributed by atoms with Gasteiger partial charge in [-0.15, -0.1) is 0 Å². The third kappa shape index (κ3) is 2.13. The molecular formula is C13H17BBrFO2. The maximum atomic E-state index is 13.9. The SMILES string of the molecule is Cc1c(B2OC(C)(C)C(C)(C)O2)ccc(Br)c1F. The van der Waals surface area contributed by atoms with Gasteiger partial charge in [-0.3, -0.25) is 0 Å². The van der Waals surface area contributed by atoms with Crippen LogP contribution >= 0.6 is 15.9 Å². The maximum absolute atomic E-state index is 13.9. The number of benzene rings is 1. The van der Waals surface area contributed by atoms with Gasteiger partial charge in [0.05, 0.1) is 15.7 Å². The van der Waals surface area contributed by atoms with E-state index < -0.39 is 18.3 Å². The standard InChI is InChI=1S/C13H17BBrFO2/c1-8-9(6-7-10(15)11(8)16)14-17-12(2,3)13(4,5)18-14/h6-7H,1-5H3. The van der Waals surface area contributed by atoms with Crippen LogP contribution in [-0.4, -0.2) is 18.3 Å². The van der Waals surface area contributed by atoms with Gasteiger partial charge in [0, 0.05) is 0 Å². The molecule has 0 atom stereocenters. The van der Waals surface area contributed by atoms with E-state index in [9.17, 15) is 4.39 Å². The Hall–Kier alpha value is -0.385. The molecular weight excluding hydrogens is 298 g/mol. The summed E-state index contributed by atoms with van der Waals surface area (Å²) in [7, 11) is -0.516. The van der Waals surface area contributed by atoms with Crippen LogP contribution in [0.15, 0.2) is 16.6 Å². The fourth-order valence-electron chi connectivity index (χ4n) is 1.89. The Balaban J connectivity index is 2.39.